The van der Waals surface area contributed by atoms with E-state index in [1.807, 2.05) is 0 Å². The minimum absolute atomic E-state index is 0.472. The lowest BCUT2D eigenvalue weighted by atomic mass is 9.89. The Hall–Kier alpha value is -0.120. The van der Waals surface area contributed by atoms with Gasteiger partial charge in [0, 0.05) is 36.8 Å². The minimum Gasteiger partial charge on any atom is -0.328 e. The van der Waals surface area contributed by atoms with E-state index in [1.165, 1.54) is 64.5 Å². The molecule has 3 fully saturated rings. The summed E-state index contributed by atoms with van der Waals surface area (Å²) in [6, 6.07) is 3.83. The highest BCUT2D eigenvalue weighted by atomic mass is 15.3. The third-order valence-electron chi connectivity index (χ3n) is 5.78. The van der Waals surface area contributed by atoms with Gasteiger partial charge < -0.3 is 5.73 Å². The average Bonchev–Trinajstić information content (AvgIpc) is 3.21. The summed E-state index contributed by atoms with van der Waals surface area (Å²) in [7, 11) is 0. The van der Waals surface area contributed by atoms with Crippen molar-refractivity contribution >= 4 is 0 Å². The number of rotatable bonds is 5. The highest BCUT2D eigenvalue weighted by molar-refractivity contribution is 4.98. The summed E-state index contributed by atoms with van der Waals surface area (Å²) in [6.45, 7) is 7.39. The molecule has 0 aromatic rings. The maximum absolute atomic E-state index is 6.09. The summed E-state index contributed by atoms with van der Waals surface area (Å²) in [6.07, 6.45) is 10.7. The summed E-state index contributed by atoms with van der Waals surface area (Å²) >= 11 is 0. The molecule has 2 saturated carbocycles. The van der Waals surface area contributed by atoms with Gasteiger partial charge in [0.05, 0.1) is 0 Å². The molecule has 1 heterocycles. The minimum atomic E-state index is 0.472. The van der Waals surface area contributed by atoms with Gasteiger partial charge in [-0.25, -0.2) is 0 Å². The molecule has 3 nitrogen and oxygen atoms in total. The van der Waals surface area contributed by atoms with Crippen LogP contribution in [-0.4, -0.2) is 53.1 Å². The van der Waals surface area contributed by atoms with Crippen LogP contribution < -0.4 is 5.73 Å². The molecule has 20 heavy (non-hydrogen) atoms. The average molecular weight is 279 g/mol. The first-order valence-corrected chi connectivity index (χ1v) is 8.96. The third kappa shape index (κ3) is 3.20. The van der Waals surface area contributed by atoms with E-state index in [2.05, 4.69) is 23.6 Å². The van der Waals surface area contributed by atoms with Crippen LogP contribution in [0.4, 0.5) is 0 Å². The SMILES string of the molecule is CCCN(C1CCC(N)CC1)C1CC(C)N(C2CC2)C1. The van der Waals surface area contributed by atoms with Crippen LogP contribution in [0.1, 0.15) is 65.2 Å². The van der Waals surface area contributed by atoms with E-state index in [0.717, 1.165) is 24.2 Å². The zero-order chi connectivity index (χ0) is 14.1. The molecular formula is C17H33N3. The molecule has 1 aliphatic heterocycles. The van der Waals surface area contributed by atoms with Crippen LogP contribution in [0, 0.1) is 0 Å². The van der Waals surface area contributed by atoms with E-state index < -0.39 is 0 Å². The third-order valence-corrected chi connectivity index (χ3v) is 5.78. The van der Waals surface area contributed by atoms with Crippen LogP contribution in [-0.2, 0) is 0 Å². The standard InChI is InChI=1S/C17H33N3/c1-3-10-19(15-6-4-14(18)5-7-15)17-11-13(2)20(12-17)16-8-9-16/h13-17H,3-12,18H2,1-2H3. The van der Waals surface area contributed by atoms with Gasteiger partial charge >= 0.3 is 0 Å². The van der Waals surface area contributed by atoms with Crippen molar-refractivity contribution in [3.05, 3.63) is 0 Å². The highest BCUT2D eigenvalue weighted by Crippen LogP contribution is 2.36. The van der Waals surface area contributed by atoms with E-state index in [-0.39, 0.29) is 0 Å². The first-order chi connectivity index (χ1) is 9.69. The largest absolute Gasteiger partial charge is 0.328 e. The van der Waals surface area contributed by atoms with E-state index >= 15 is 0 Å². The lowest BCUT2D eigenvalue weighted by molar-refractivity contribution is 0.101. The van der Waals surface area contributed by atoms with Crippen LogP contribution in [0.15, 0.2) is 0 Å². The first kappa shape index (κ1) is 14.8. The Bertz CT molecular complexity index is 307. The van der Waals surface area contributed by atoms with Crippen molar-refractivity contribution in [3.8, 4) is 0 Å². The van der Waals surface area contributed by atoms with Gasteiger partial charge in [-0.05, 0) is 64.8 Å². The number of nitrogens with zero attached hydrogens (tertiary/aromatic N) is 2. The summed E-state index contributed by atoms with van der Waals surface area (Å²) in [5.74, 6) is 0. The van der Waals surface area contributed by atoms with E-state index in [1.54, 1.807) is 0 Å². The summed E-state index contributed by atoms with van der Waals surface area (Å²) in [5, 5.41) is 0. The van der Waals surface area contributed by atoms with Gasteiger partial charge in [-0.15, -0.1) is 0 Å². The van der Waals surface area contributed by atoms with Crippen LogP contribution in [0.3, 0.4) is 0 Å². The van der Waals surface area contributed by atoms with Gasteiger partial charge in [-0.1, -0.05) is 6.92 Å². The maximum atomic E-state index is 6.09. The molecule has 2 atom stereocenters. The van der Waals surface area contributed by atoms with E-state index in [4.69, 9.17) is 5.73 Å². The van der Waals surface area contributed by atoms with Crippen molar-refractivity contribution in [1.82, 2.24) is 9.80 Å². The van der Waals surface area contributed by atoms with E-state index in [0.29, 0.717) is 6.04 Å². The molecule has 0 radical (unpaired) electrons. The zero-order valence-corrected chi connectivity index (χ0v) is 13.4. The van der Waals surface area contributed by atoms with Gasteiger partial charge in [-0.3, -0.25) is 9.80 Å². The van der Waals surface area contributed by atoms with Crippen molar-refractivity contribution < 1.29 is 0 Å². The van der Waals surface area contributed by atoms with Crippen LogP contribution in [0.25, 0.3) is 0 Å². The zero-order valence-electron chi connectivity index (χ0n) is 13.4. The lowest BCUT2D eigenvalue weighted by Crippen LogP contribution is -2.47. The van der Waals surface area contributed by atoms with Gasteiger partial charge in [0.2, 0.25) is 0 Å². The second kappa shape index (κ2) is 6.33. The van der Waals surface area contributed by atoms with Crippen molar-refractivity contribution in [2.24, 2.45) is 5.73 Å². The molecule has 3 aliphatic rings. The number of hydrogen-bond acceptors (Lipinski definition) is 3. The Kier molecular flexibility index (Phi) is 4.68. The molecule has 0 aromatic carbocycles. The van der Waals surface area contributed by atoms with Crippen molar-refractivity contribution in [1.29, 1.82) is 0 Å². The first-order valence-electron chi connectivity index (χ1n) is 8.96. The smallest absolute Gasteiger partial charge is 0.0241 e. The molecule has 2 aliphatic carbocycles. The number of likely N-dealkylation sites (tertiary alicyclic amines) is 1. The quantitative estimate of drug-likeness (QED) is 0.839. The Balaban J connectivity index is 1.61. The summed E-state index contributed by atoms with van der Waals surface area (Å²) in [5.41, 5.74) is 6.09. The Morgan fingerprint density at radius 2 is 1.75 bits per heavy atom. The Morgan fingerprint density at radius 1 is 1.05 bits per heavy atom. The highest BCUT2D eigenvalue weighted by Gasteiger charge is 2.41. The van der Waals surface area contributed by atoms with Gasteiger partial charge in [0.25, 0.3) is 0 Å². The summed E-state index contributed by atoms with van der Waals surface area (Å²) < 4.78 is 0. The number of nitrogens with two attached hydrogens (primary N) is 1. The van der Waals surface area contributed by atoms with Gasteiger partial charge in [-0.2, -0.15) is 0 Å². The predicted molar refractivity (Wildman–Crippen MR) is 84.8 cm³/mol. The Morgan fingerprint density at radius 3 is 2.35 bits per heavy atom. The Labute approximate surface area is 124 Å². The fraction of sp³-hybridized carbons (Fsp3) is 1.00. The fourth-order valence-corrected chi connectivity index (χ4v) is 4.54. The number of hydrogen-bond donors (Lipinski definition) is 1. The second-order valence-electron chi connectivity index (χ2n) is 7.47. The molecule has 2 unspecified atom stereocenters. The van der Waals surface area contributed by atoms with Crippen LogP contribution >= 0.6 is 0 Å². The second-order valence-corrected chi connectivity index (χ2v) is 7.47. The monoisotopic (exact) mass is 279 g/mol. The molecule has 0 spiro atoms. The van der Waals surface area contributed by atoms with E-state index in [9.17, 15) is 0 Å². The molecule has 1 saturated heterocycles. The molecular weight excluding hydrogens is 246 g/mol. The van der Waals surface area contributed by atoms with Crippen LogP contribution in [0.2, 0.25) is 0 Å². The molecule has 2 N–H and O–H groups in total. The molecule has 0 amide bonds. The van der Waals surface area contributed by atoms with Crippen molar-refractivity contribution in [2.45, 2.75) is 95.4 Å². The van der Waals surface area contributed by atoms with Crippen LogP contribution in [0.5, 0.6) is 0 Å². The molecule has 116 valence electrons. The van der Waals surface area contributed by atoms with Gasteiger partial charge in [0.1, 0.15) is 0 Å². The van der Waals surface area contributed by atoms with Gasteiger partial charge in [0.15, 0.2) is 0 Å². The van der Waals surface area contributed by atoms with Crippen molar-refractivity contribution in [2.75, 3.05) is 13.1 Å². The molecule has 0 bridgehead atoms. The lowest BCUT2D eigenvalue weighted by Gasteiger charge is -2.39. The topological polar surface area (TPSA) is 32.5 Å². The van der Waals surface area contributed by atoms with Crippen molar-refractivity contribution in [3.63, 3.8) is 0 Å². The predicted octanol–water partition coefficient (Wildman–Crippen LogP) is 2.59. The fourth-order valence-electron chi connectivity index (χ4n) is 4.54. The summed E-state index contributed by atoms with van der Waals surface area (Å²) in [4.78, 5) is 5.66. The molecule has 3 rings (SSSR count). The normalized spacial score (nSPS) is 39.6. The molecule has 0 aromatic heterocycles. The molecule has 3 heteroatoms. The maximum Gasteiger partial charge on any atom is 0.0241 e.